The van der Waals surface area contributed by atoms with E-state index in [1.165, 1.54) is 23.5 Å². The fourth-order valence-corrected chi connectivity index (χ4v) is 3.84. The summed E-state index contributed by atoms with van der Waals surface area (Å²) in [4.78, 5) is 17.2. The van der Waals surface area contributed by atoms with Gasteiger partial charge in [0.25, 0.3) is 0 Å². The number of halogens is 3. The normalized spacial score (nSPS) is 15.8. The molecule has 1 aromatic carbocycles. The summed E-state index contributed by atoms with van der Waals surface area (Å²) < 4.78 is 37.8. The molecule has 0 unspecified atom stereocenters. The zero-order valence-electron chi connectivity index (χ0n) is 14.1. The van der Waals surface area contributed by atoms with Gasteiger partial charge in [-0.3, -0.25) is 4.79 Å². The van der Waals surface area contributed by atoms with E-state index in [1.54, 1.807) is 6.20 Å². The number of carbonyl (C=O) groups excluding carboxylic acids is 1. The lowest BCUT2D eigenvalue weighted by molar-refractivity contribution is -0.137. The number of benzene rings is 1. The van der Waals surface area contributed by atoms with E-state index in [1.807, 2.05) is 0 Å². The number of alkyl halides is 3. The van der Waals surface area contributed by atoms with Gasteiger partial charge in [-0.1, -0.05) is 12.1 Å². The van der Waals surface area contributed by atoms with Gasteiger partial charge in [0.15, 0.2) is 5.13 Å². The Labute approximate surface area is 153 Å². The average molecular weight is 383 g/mol. The van der Waals surface area contributed by atoms with E-state index in [9.17, 15) is 18.0 Å². The summed E-state index contributed by atoms with van der Waals surface area (Å²) >= 11 is 1.35. The van der Waals surface area contributed by atoms with Gasteiger partial charge in [-0.25, -0.2) is 4.98 Å². The zero-order chi connectivity index (χ0) is 18.6. The van der Waals surface area contributed by atoms with Crippen LogP contribution in [0.3, 0.4) is 0 Å². The molecule has 26 heavy (non-hydrogen) atoms. The number of hydrogen-bond donors (Lipinski definition) is 2. The van der Waals surface area contributed by atoms with Crippen LogP contribution in [-0.4, -0.2) is 24.0 Å². The smallest absolute Gasteiger partial charge is 0.317 e. The molecule has 0 aliphatic carbocycles. The maximum atomic E-state index is 12.6. The summed E-state index contributed by atoms with van der Waals surface area (Å²) in [6.07, 6.45) is 0.321. The second-order valence-electron chi connectivity index (χ2n) is 6.45. The number of nitrogens with one attached hydrogen (secondary N) is 2. The molecule has 1 saturated heterocycles. The van der Waals surface area contributed by atoms with Gasteiger partial charge in [0.05, 0.1) is 5.56 Å². The van der Waals surface area contributed by atoms with Crippen molar-refractivity contribution < 1.29 is 18.0 Å². The van der Waals surface area contributed by atoms with Gasteiger partial charge in [-0.05, 0) is 49.5 Å². The third kappa shape index (κ3) is 5.28. The van der Waals surface area contributed by atoms with Crippen molar-refractivity contribution in [3.63, 3.8) is 0 Å². The van der Waals surface area contributed by atoms with Gasteiger partial charge in [0.2, 0.25) is 5.91 Å². The summed E-state index contributed by atoms with van der Waals surface area (Å²) in [6, 6.07) is 5.10. The first-order chi connectivity index (χ1) is 12.4. The molecule has 8 heteroatoms. The predicted molar refractivity (Wildman–Crippen MR) is 95.2 cm³/mol. The number of nitrogens with zero attached hydrogens (tertiary/aromatic N) is 1. The Morgan fingerprint density at radius 2 is 1.92 bits per heavy atom. The van der Waals surface area contributed by atoms with E-state index >= 15 is 0 Å². The molecule has 2 N–H and O–H groups in total. The first-order valence-corrected chi connectivity index (χ1v) is 9.33. The zero-order valence-corrected chi connectivity index (χ0v) is 14.9. The van der Waals surface area contributed by atoms with Crippen LogP contribution >= 0.6 is 11.3 Å². The fraction of sp³-hybridized carbons (Fsp3) is 0.444. The summed E-state index contributed by atoms with van der Waals surface area (Å²) in [7, 11) is 0. The maximum absolute atomic E-state index is 12.6. The number of thiazole rings is 1. The van der Waals surface area contributed by atoms with Gasteiger partial charge >= 0.3 is 6.18 Å². The molecular formula is C18H20F3N3OS. The van der Waals surface area contributed by atoms with Crippen LogP contribution < -0.4 is 10.6 Å². The minimum Gasteiger partial charge on any atom is -0.317 e. The van der Waals surface area contributed by atoms with Crippen LogP contribution in [0.4, 0.5) is 18.3 Å². The molecule has 0 spiro atoms. The highest BCUT2D eigenvalue weighted by Gasteiger charge is 2.29. The highest BCUT2D eigenvalue weighted by molar-refractivity contribution is 7.15. The number of hydrogen-bond acceptors (Lipinski definition) is 4. The Kier molecular flexibility index (Phi) is 5.93. The van der Waals surface area contributed by atoms with Crippen LogP contribution in [0, 0.1) is 5.92 Å². The molecule has 140 valence electrons. The molecule has 0 saturated carbocycles. The van der Waals surface area contributed by atoms with Crippen LogP contribution in [0.1, 0.15) is 35.3 Å². The molecule has 2 aromatic rings. The minimum absolute atomic E-state index is 0.0349. The van der Waals surface area contributed by atoms with Crippen molar-refractivity contribution in [2.24, 2.45) is 5.92 Å². The quantitative estimate of drug-likeness (QED) is 0.818. The number of aromatic nitrogens is 1. The second kappa shape index (κ2) is 8.18. The Morgan fingerprint density at radius 3 is 2.58 bits per heavy atom. The van der Waals surface area contributed by atoms with Gasteiger partial charge in [0, 0.05) is 23.9 Å². The minimum atomic E-state index is -4.32. The molecule has 0 atom stereocenters. The average Bonchev–Trinajstić information content (AvgIpc) is 3.02. The Hall–Kier alpha value is -1.93. The molecular weight excluding hydrogens is 363 g/mol. The molecule has 1 fully saturated rings. The molecule has 2 heterocycles. The fourth-order valence-electron chi connectivity index (χ4n) is 2.98. The van der Waals surface area contributed by atoms with Crippen LogP contribution in [0.2, 0.25) is 0 Å². The van der Waals surface area contributed by atoms with E-state index in [4.69, 9.17) is 0 Å². The third-order valence-electron chi connectivity index (χ3n) is 4.39. The van der Waals surface area contributed by atoms with E-state index in [-0.39, 0.29) is 5.91 Å². The van der Waals surface area contributed by atoms with Gasteiger partial charge in [-0.2, -0.15) is 13.2 Å². The molecule has 1 amide bonds. The van der Waals surface area contributed by atoms with Gasteiger partial charge < -0.3 is 10.6 Å². The van der Waals surface area contributed by atoms with Crippen LogP contribution in [-0.2, 0) is 17.4 Å². The number of piperidine rings is 1. The topological polar surface area (TPSA) is 54.0 Å². The molecule has 1 aliphatic rings. The monoisotopic (exact) mass is 383 g/mol. The molecule has 4 nitrogen and oxygen atoms in total. The van der Waals surface area contributed by atoms with E-state index < -0.39 is 11.7 Å². The maximum Gasteiger partial charge on any atom is 0.416 e. The third-order valence-corrected chi connectivity index (χ3v) is 5.31. The highest BCUT2D eigenvalue weighted by atomic mass is 32.1. The lowest BCUT2D eigenvalue weighted by Gasteiger charge is -2.21. The first kappa shape index (κ1) is 18.8. The van der Waals surface area contributed by atoms with Crippen molar-refractivity contribution in [2.45, 2.75) is 31.9 Å². The van der Waals surface area contributed by atoms with Crippen LogP contribution in [0.15, 0.2) is 30.5 Å². The van der Waals surface area contributed by atoms with Gasteiger partial charge in [0.1, 0.15) is 0 Å². The Bertz CT molecular complexity index is 737. The molecule has 1 aliphatic heterocycles. The largest absolute Gasteiger partial charge is 0.416 e. The number of rotatable bonds is 5. The Morgan fingerprint density at radius 1 is 1.23 bits per heavy atom. The molecule has 1 aromatic heterocycles. The van der Waals surface area contributed by atoms with Crippen molar-refractivity contribution in [3.05, 3.63) is 46.5 Å². The molecule has 0 bridgehead atoms. The predicted octanol–water partition coefficient (Wildman–Crippen LogP) is 4.08. The summed E-state index contributed by atoms with van der Waals surface area (Å²) in [6.45, 7) is 1.90. The number of carbonyl (C=O) groups is 1. The van der Waals surface area contributed by atoms with Crippen molar-refractivity contribution in [1.29, 1.82) is 0 Å². The summed E-state index contributed by atoms with van der Waals surface area (Å²) in [5.41, 5.74) is 0.116. The summed E-state index contributed by atoms with van der Waals surface area (Å²) in [5, 5.41) is 6.63. The second-order valence-corrected chi connectivity index (χ2v) is 7.56. The van der Waals surface area contributed by atoms with Gasteiger partial charge in [-0.15, -0.1) is 11.3 Å². The molecule has 3 rings (SSSR count). The van der Waals surface area contributed by atoms with Crippen molar-refractivity contribution in [2.75, 3.05) is 18.4 Å². The lowest BCUT2D eigenvalue weighted by atomic mass is 9.94. The SMILES string of the molecule is O=C(CC1CCNCC1)Nc1ncc(Cc2ccc(C(F)(F)F)cc2)s1. The van der Waals surface area contributed by atoms with E-state index in [0.29, 0.717) is 23.9 Å². The van der Waals surface area contributed by atoms with Crippen LogP contribution in [0.5, 0.6) is 0 Å². The van der Waals surface area contributed by atoms with E-state index in [2.05, 4.69) is 15.6 Å². The van der Waals surface area contributed by atoms with Crippen LogP contribution in [0.25, 0.3) is 0 Å². The Balaban J connectivity index is 1.53. The van der Waals surface area contributed by atoms with Crippen molar-refractivity contribution >= 4 is 22.4 Å². The van der Waals surface area contributed by atoms with E-state index in [0.717, 1.165) is 48.5 Å². The lowest BCUT2D eigenvalue weighted by Crippen LogP contribution is -2.30. The molecule has 0 radical (unpaired) electrons. The highest BCUT2D eigenvalue weighted by Crippen LogP contribution is 2.30. The van der Waals surface area contributed by atoms with Crippen molar-refractivity contribution in [1.82, 2.24) is 10.3 Å². The number of anilines is 1. The first-order valence-electron chi connectivity index (χ1n) is 8.51. The summed E-state index contributed by atoms with van der Waals surface area (Å²) in [5.74, 6) is 0.371. The standard InChI is InChI=1S/C18H20F3N3OS/c19-18(20,21)14-3-1-12(2-4-14)9-15-11-23-17(26-15)24-16(25)10-13-5-7-22-8-6-13/h1-4,11,13,22H,5-10H2,(H,23,24,25). The van der Waals surface area contributed by atoms with Crippen molar-refractivity contribution in [3.8, 4) is 0 Å². The number of amides is 1.